The highest BCUT2D eigenvalue weighted by atomic mass is 16.6. The van der Waals surface area contributed by atoms with Crippen molar-refractivity contribution in [2.45, 2.75) is 71.3 Å². The van der Waals surface area contributed by atoms with Crippen LogP contribution in [0.1, 0.15) is 49.9 Å². The summed E-state index contributed by atoms with van der Waals surface area (Å²) in [5.41, 5.74) is 2.06. The summed E-state index contributed by atoms with van der Waals surface area (Å²) in [5.74, 6) is -0.0684. The van der Waals surface area contributed by atoms with Gasteiger partial charge in [0.05, 0.1) is 12.2 Å². The van der Waals surface area contributed by atoms with Crippen molar-refractivity contribution in [2.24, 2.45) is 0 Å². The number of carbonyl (C=O) groups is 2. The monoisotopic (exact) mass is 438 g/mol. The minimum Gasteiger partial charge on any atom is -0.445 e. The van der Waals surface area contributed by atoms with Gasteiger partial charge in [0.25, 0.3) is 5.56 Å². The Labute approximate surface area is 187 Å². The molecule has 0 saturated carbocycles. The molecule has 32 heavy (non-hydrogen) atoms. The lowest BCUT2D eigenvalue weighted by Gasteiger charge is -2.39. The van der Waals surface area contributed by atoms with Crippen LogP contribution < -0.4 is 5.56 Å². The number of nitrogens with zero attached hydrogens (tertiary/aromatic N) is 4. The van der Waals surface area contributed by atoms with Crippen LogP contribution in [0.3, 0.4) is 0 Å². The second-order valence-corrected chi connectivity index (χ2v) is 8.75. The third-order valence-corrected chi connectivity index (χ3v) is 6.37. The molecule has 8 heteroatoms. The van der Waals surface area contributed by atoms with E-state index in [9.17, 15) is 14.4 Å². The average molecular weight is 439 g/mol. The highest BCUT2D eigenvalue weighted by molar-refractivity contribution is 5.76. The number of hydrogen-bond acceptors (Lipinski definition) is 5. The third-order valence-electron chi connectivity index (χ3n) is 6.37. The van der Waals surface area contributed by atoms with Gasteiger partial charge in [0.1, 0.15) is 13.2 Å². The lowest BCUT2D eigenvalue weighted by molar-refractivity contribution is -0.138. The van der Waals surface area contributed by atoms with Gasteiger partial charge in [0.15, 0.2) is 0 Å². The van der Waals surface area contributed by atoms with Gasteiger partial charge in [-0.05, 0) is 38.7 Å². The Bertz CT molecular complexity index is 1030. The molecule has 0 aliphatic carbocycles. The normalized spacial score (nSPS) is 20.6. The van der Waals surface area contributed by atoms with Gasteiger partial charge < -0.3 is 14.5 Å². The van der Waals surface area contributed by atoms with Crippen LogP contribution in [0.2, 0.25) is 0 Å². The summed E-state index contributed by atoms with van der Waals surface area (Å²) in [6.07, 6.45) is 3.19. The maximum Gasteiger partial charge on any atom is 0.410 e. The fourth-order valence-electron chi connectivity index (χ4n) is 4.64. The van der Waals surface area contributed by atoms with Crippen molar-refractivity contribution in [1.29, 1.82) is 0 Å². The number of carbonyl (C=O) groups excluding carboxylic acids is 2. The first-order chi connectivity index (χ1) is 15.4. The molecule has 0 N–H and O–H groups in total. The summed E-state index contributed by atoms with van der Waals surface area (Å²) >= 11 is 0. The number of ether oxygens (including phenoxy) is 1. The molecule has 2 amide bonds. The lowest BCUT2D eigenvalue weighted by atomic mass is 9.97. The second-order valence-electron chi connectivity index (χ2n) is 8.75. The Morgan fingerprint density at radius 2 is 1.84 bits per heavy atom. The van der Waals surface area contributed by atoms with E-state index in [2.05, 4.69) is 18.9 Å². The molecule has 2 aromatic rings. The highest BCUT2D eigenvalue weighted by Crippen LogP contribution is 2.23. The summed E-state index contributed by atoms with van der Waals surface area (Å²) in [6, 6.07) is 11.4. The lowest BCUT2D eigenvalue weighted by Crippen LogP contribution is -2.49. The largest absolute Gasteiger partial charge is 0.445 e. The summed E-state index contributed by atoms with van der Waals surface area (Å²) in [5, 5.41) is 4.46. The van der Waals surface area contributed by atoms with E-state index in [4.69, 9.17) is 4.74 Å². The molecule has 170 valence electrons. The zero-order chi connectivity index (χ0) is 22.7. The standard InChI is InChI=1S/C24H30N4O4/c1-17-7-6-8-18(2)28(17)23(30)15-27-22(29)13-20-14-26(12-11-21(20)25-27)24(31)32-16-19-9-4-3-5-10-19/h3-5,9-10,13,17-18H,6-8,11-12,14-16H2,1-2H3/t17-,18+. The van der Waals surface area contributed by atoms with Crippen molar-refractivity contribution in [3.63, 3.8) is 0 Å². The number of hydrogen-bond donors (Lipinski definition) is 0. The van der Waals surface area contributed by atoms with E-state index in [0.29, 0.717) is 18.5 Å². The molecule has 1 aromatic heterocycles. The van der Waals surface area contributed by atoms with Crippen LogP contribution in [0.15, 0.2) is 41.2 Å². The van der Waals surface area contributed by atoms with Crippen molar-refractivity contribution >= 4 is 12.0 Å². The van der Waals surface area contributed by atoms with Crippen LogP contribution >= 0.6 is 0 Å². The van der Waals surface area contributed by atoms with E-state index < -0.39 is 6.09 Å². The van der Waals surface area contributed by atoms with Crippen LogP contribution in [0, 0.1) is 0 Å². The minimum atomic E-state index is -0.410. The first-order valence-electron chi connectivity index (χ1n) is 11.3. The molecule has 4 rings (SSSR count). The van der Waals surface area contributed by atoms with Gasteiger partial charge in [-0.15, -0.1) is 0 Å². The number of benzene rings is 1. The number of piperidine rings is 1. The van der Waals surface area contributed by atoms with E-state index in [1.807, 2.05) is 35.2 Å². The molecule has 0 spiro atoms. The molecule has 0 radical (unpaired) electrons. The van der Waals surface area contributed by atoms with Crippen molar-refractivity contribution in [2.75, 3.05) is 6.54 Å². The summed E-state index contributed by atoms with van der Waals surface area (Å²) in [6.45, 7) is 5.01. The van der Waals surface area contributed by atoms with Gasteiger partial charge in [0, 0.05) is 36.7 Å². The Hall–Kier alpha value is -3.16. The molecule has 0 unspecified atom stereocenters. The maximum atomic E-state index is 12.9. The van der Waals surface area contributed by atoms with Gasteiger partial charge in [-0.1, -0.05) is 30.3 Å². The second kappa shape index (κ2) is 9.54. The zero-order valence-corrected chi connectivity index (χ0v) is 18.7. The Morgan fingerprint density at radius 3 is 2.56 bits per heavy atom. The average Bonchev–Trinajstić information content (AvgIpc) is 2.78. The molecular formula is C24H30N4O4. The number of rotatable bonds is 4. The Morgan fingerprint density at radius 1 is 1.12 bits per heavy atom. The molecule has 1 aromatic carbocycles. The number of likely N-dealkylation sites (tertiary alicyclic amines) is 1. The first-order valence-corrected chi connectivity index (χ1v) is 11.3. The van der Waals surface area contributed by atoms with E-state index >= 15 is 0 Å². The fraction of sp³-hybridized carbons (Fsp3) is 0.500. The van der Waals surface area contributed by atoms with Crippen LogP contribution in [0.25, 0.3) is 0 Å². The Kier molecular flexibility index (Phi) is 6.58. The SMILES string of the molecule is C[C@@H]1CCC[C@H](C)N1C(=O)Cn1nc2c(cc1=O)CN(C(=O)OCc1ccccc1)CC2. The molecule has 2 aliphatic heterocycles. The van der Waals surface area contributed by atoms with Crippen molar-refractivity contribution in [1.82, 2.24) is 19.6 Å². The van der Waals surface area contributed by atoms with E-state index in [1.54, 1.807) is 4.90 Å². The van der Waals surface area contributed by atoms with E-state index in [1.165, 1.54) is 10.7 Å². The van der Waals surface area contributed by atoms with Crippen molar-refractivity contribution < 1.29 is 14.3 Å². The van der Waals surface area contributed by atoms with Crippen LogP contribution in [0.5, 0.6) is 0 Å². The molecule has 2 aliphatic rings. The molecular weight excluding hydrogens is 408 g/mol. The summed E-state index contributed by atoms with van der Waals surface area (Å²) < 4.78 is 6.67. The highest BCUT2D eigenvalue weighted by Gasteiger charge is 2.30. The molecule has 8 nitrogen and oxygen atoms in total. The van der Waals surface area contributed by atoms with Gasteiger partial charge in [-0.3, -0.25) is 9.59 Å². The molecule has 0 bridgehead atoms. The predicted molar refractivity (Wildman–Crippen MR) is 119 cm³/mol. The molecule has 3 heterocycles. The number of amides is 2. The fourth-order valence-corrected chi connectivity index (χ4v) is 4.64. The topological polar surface area (TPSA) is 84.7 Å². The predicted octanol–water partition coefficient (Wildman–Crippen LogP) is 2.73. The van der Waals surface area contributed by atoms with Crippen LogP contribution in [0.4, 0.5) is 4.79 Å². The van der Waals surface area contributed by atoms with Gasteiger partial charge in [-0.2, -0.15) is 5.10 Å². The summed E-state index contributed by atoms with van der Waals surface area (Å²) in [4.78, 5) is 41.5. The molecule has 2 atom stereocenters. The maximum absolute atomic E-state index is 12.9. The van der Waals surface area contributed by atoms with E-state index in [0.717, 1.165) is 30.5 Å². The minimum absolute atomic E-state index is 0.0520. The summed E-state index contributed by atoms with van der Waals surface area (Å²) in [7, 11) is 0. The smallest absolute Gasteiger partial charge is 0.410 e. The first kappa shape index (κ1) is 22.0. The van der Waals surface area contributed by atoms with Gasteiger partial charge in [0.2, 0.25) is 5.91 Å². The van der Waals surface area contributed by atoms with Crippen LogP contribution in [-0.2, 0) is 35.6 Å². The third kappa shape index (κ3) is 4.84. The van der Waals surface area contributed by atoms with Gasteiger partial charge >= 0.3 is 6.09 Å². The molecule has 1 fully saturated rings. The molecule has 1 saturated heterocycles. The zero-order valence-electron chi connectivity index (χ0n) is 18.7. The number of fused-ring (bicyclic) bond motifs is 1. The quantitative estimate of drug-likeness (QED) is 0.733. The van der Waals surface area contributed by atoms with Gasteiger partial charge in [-0.25, -0.2) is 9.48 Å². The van der Waals surface area contributed by atoms with E-state index in [-0.39, 0.29) is 43.2 Å². The number of aromatic nitrogens is 2. The van der Waals surface area contributed by atoms with Crippen molar-refractivity contribution in [3.05, 3.63) is 63.6 Å². The van der Waals surface area contributed by atoms with Crippen LogP contribution in [-0.4, -0.2) is 50.2 Å². The Balaban J connectivity index is 1.40. The van der Waals surface area contributed by atoms with Crippen molar-refractivity contribution in [3.8, 4) is 0 Å².